The minimum Gasteiger partial charge on any atom is -0.258 e. The molecule has 2 nitrogen and oxygen atoms in total. The smallest absolute Gasteiger partial charge is 0.0765 e. The highest BCUT2D eigenvalue weighted by molar-refractivity contribution is 6.01. The first-order chi connectivity index (χ1) is 21.3. The van der Waals surface area contributed by atoms with Crippen LogP contribution in [0.3, 0.4) is 0 Å². The standard InChI is InChI=1S/C41H30N2/c1-4-10-33(11-5-1)16-18-35-20-24-37(25-21-35)28-30-39-32-41(43(42-39)40-14-8-3-9-15-40)31-29-38-26-22-36(23-27-38)19-17-34-12-6-2-7-13-34/h1-15,20-31,41H,32H2. The zero-order chi connectivity index (χ0) is 29.1. The number of allylic oxidation sites excluding steroid dienone is 1. The van der Waals surface area contributed by atoms with Crippen molar-refractivity contribution >= 4 is 23.6 Å². The lowest BCUT2D eigenvalue weighted by atomic mass is 10.1. The summed E-state index contributed by atoms with van der Waals surface area (Å²) in [6.07, 6.45) is 9.48. The van der Waals surface area contributed by atoms with Gasteiger partial charge >= 0.3 is 0 Å². The van der Waals surface area contributed by atoms with E-state index in [4.69, 9.17) is 5.10 Å². The second-order valence-electron chi connectivity index (χ2n) is 10.2. The van der Waals surface area contributed by atoms with Crippen LogP contribution >= 0.6 is 0 Å². The van der Waals surface area contributed by atoms with Gasteiger partial charge in [0.1, 0.15) is 0 Å². The highest BCUT2D eigenvalue weighted by Gasteiger charge is 2.24. The summed E-state index contributed by atoms with van der Waals surface area (Å²) in [5.74, 6) is 12.9. The number of benzene rings is 5. The molecule has 2 heteroatoms. The van der Waals surface area contributed by atoms with Gasteiger partial charge in [-0.25, -0.2) is 0 Å². The van der Waals surface area contributed by atoms with Gasteiger partial charge in [-0.3, -0.25) is 5.01 Å². The molecule has 0 N–H and O–H groups in total. The molecule has 0 radical (unpaired) electrons. The summed E-state index contributed by atoms with van der Waals surface area (Å²) in [4.78, 5) is 0. The van der Waals surface area contributed by atoms with Crippen molar-refractivity contribution in [3.05, 3.63) is 185 Å². The average Bonchev–Trinajstić information content (AvgIpc) is 3.50. The van der Waals surface area contributed by atoms with Gasteiger partial charge in [-0.1, -0.05) is 121 Å². The molecule has 204 valence electrons. The van der Waals surface area contributed by atoms with E-state index in [1.807, 2.05) is 66.7 Å². The maximum Gasteiger partial charge on any atom is 0.0765 e. The van der Waals surface area contributed by atoms with E-state index in [1.54, 1.807) is 0 Å². The van der Waals surface area contributed by atoms with Crippen LogP contribution in [-0.4, -0.2) is 11.8 Å². The van der Waals surface area contributed by atoms with E-state index in [2.05, 4.69) is 126 Å². The molecule has 1 aliphatic heterocycles. The minimum absolute atomic E-state index is 0.121. The molecule has 0 spiro atoms. The molecule has 1 heterocycles. The van der Waals surface area contributed by atoms with Gasteiger partial charge in [0.05, 0.1) is 17.4 Å². The van der Waals surface area contributed by atoms with Gasteiger partial charge in [0.15, 0.2) is 0 Å². The Bertz CT molecular complexity index is 1860. The van der Waals surface area contributed by atoms with E-state index < -0.39 is 0 Å². The van der Waals surface area contributed by atoms with Crippen molar-refractivity contribution in [1.29, 1.82) is 0 Å². The number of rotatable bonds is 5. The van der Waals surface area contributed by atoms with Crippen molar-refractivity contribution in [2.75, 3.05) is 5.01 Å². The molecule has 1 atom stereocenters. The van der Waals surface area contributed by atoms with E-state index in [-0.39, 0.29) is 6.04 Å². The minimum atomic E-state index is 0.121. The topological polar surface area (TPSA) is 15.6 Å². The first kappa shape index (κ1) is 27.3. The third kappa shape index (κ3) is 7.68. The fourth-order valence-corrected chi connectivity index (χ4v) is 4.74. The van der Waals surface area contributed by atoms with Crippen LogP contribution in [0.5, 0.6) is 0 Å². The number of hydrogen-bond acceptors (Lipinski definition) is 2. The Labute approximate surface area is 254 Å². The molecular formula is C41H30N2. The molecule has 1 aliphatic rings. The summed E-state index contributed by atoms with van der Waals surface area (Å²) in [6.45, 7) is 0. The predicted octanol–water partition coefficient (Wildman–Crippen LogP) is 8.85. The van der Waals surface area contributed by atoms with E-state index in [0.717, 1.165) is 51.2 Å². The molecule has 5 aromatic carbocycles. The Hall–Kier alpha value is -5.83. The van der Waals surface area contributed by atoms with Crippen molar-refractivity contribution in [2.45, 2.75) is 12.5 Å². The number of para-hydroxylation sites is 1. The Kier molecular flexibility index (Phi) is 8.71. The second-order valence-corrected chi connectivity index (χ2v) is 10.2. The van der Waals surface area contributed by atoms with E-state index in [0.29, 0.717) is 0 Å². The number of nitrogens with zero attached hydrogens (tertiary/aromatic N) is 2. The first-order valence-corrected chi connectivity index (χ1v) is 14.4. The van der Waals surface area contributed by atoms with E-state index >= 15 is 0 Å². The van der Waals surface area contributed by atoms with Crippen molar-refractivity contribution < 1.29 is 0 Å². The molecule has 0 amide bonds. The fraction of sp³-hybridized carbons (Fsp3) is 0.0488. The van der Waals surface area contributed by atoms with Crippen LogP contribution in [0.25, 0.3) is 12.2 Å². The Morgan fingerprint density at radius 1 is 0.488 bits per heavy atom. The summed E-state index contributed by atoms with van der Waals surface area (Å²) in [5.41, 5.74) is 8.40. The maximum atomic E-state index is 4.99. The number of anilines is 1. The highest BCUT2D eigenvalue weighted by atomic mass is 15.5. The predicted molar refractivity (Wildman–Crippen MR) is 181 cm³/mol. The van der Waals surface area contributed by atoms with E-state index in [9.17, 15) is 0 Å². The summed E-state index contributed by atoms with van der Waals surface area (Å²) in [5, 5.41) is 7.10. The normalized spacial score (nSPS) is 14.2. The molecule has 0 bridgehead atoms. The summed E-state index contributed by atoms with van der Waals surface area (Å²) < 4.78 is 0. The maximum absolute atomic E-state index is 4.99. The number of hydrogen-bond donors (Lipinski definition) is 0. The van der Waals surface area contributed by atoms with Crippen LogP contribution in [0.1, 0.15) is 39.8 Å². The zero-order valence-electron chi connectivity index (χ0n) is 23.8. The third-order valence-electron chi connectivity index (χ3n) is 7.04. The monoisotopic (exact) mass is 550 g/mol. The Balaban J connectivity index is 1.13. The quantitative estimate of drug-likeness (QED) is 0.200. The van der Waals surface area contributed by atoms with Gasteiger partial charge in [-0.2, -0.15) is 5.10 Å². The van der Waals surface area contributed by atoms with Crippen molar-refractivity contribution in [1.82, 2.24) is 0 Å². The van der Waals surface area contributed by atoms with Crippen LogP contribution in [0.2, 0.25) is 0 Å². The van der Waals surface area contributed by atoms with Crippen LogP contribution < -0.4 is 5.01 Å². The second kappa shape index (κ2) is 13.7. The fourth-order valence-electron chi connectivity index (χ4n) is 4.74. The van der Waals surface area contributed by atoms with E-state index in [1.165, 1.54) is 0 Å². The van der Waals surface area contributed by atoms with Crippen LogP contribution in [0.15, 0.2) is 157 Å². The molecule has 0 saturated heterocycles. The van der Waals surface area contributed by atoms with Crippen molar-refractivity contribution in [3.63, 3.8) is 0 Å². The third-order valence-corrected chi connectivity index (χ3v) is 7.04. The Morgan fingerprint density at radius 3 is 1.44 bits per heavy atom. The molecular weight excluding hydrogens is 520 g/mol. The lowest BCUT2D eigenvalue weighted by molar-refractivity contribution is 0.791. The lowest BCUT2D eigenvalue weighted by Gasteiger charge is -2.20. The summed E-state index contributed by atoms with van der Waals surface area (Å²) in [6, 6.07) is 47.3. The zero-order valence-corrected chi connectivity index (χ0v) is 23.8. The summed E-state index contributed by atoms with van der Waals surface area (Å²) in [7, 11) is 0. The van der Waals surface area contributed by atoms with Crippen LogP contribution in [0.4, 0.5) is 5.69 Å². The average molecular weight is 551 g/mol. The van der Waals surface area contributed by atoms with Gasteiger partial charge in [0.2, 0.25) is 0 Å². The number of hydrazone groups is 1. The molecule has 0 fully saturated rings. The molecule has 0 aromatic heterocycles. The van der Waals surface area contributed by atoms with Gasteiger partial charge in [0, 0.05) is 28.7 Å². The molecule has 43 heavy (non-hydrogen) atoms. The van der Waals surface area contributed by atoms with Crippen molar-refractivity contribution in [3.8, 4) is 23.7 Å². The molecule has 1 unspecified atom stereocenters. The molecule has 6 rings (SSSR count). The molecule has 0 aliphatic carbocycles. The molecule has 0 saturated carbocycles. The van der Waals surface area contributed by atoms with Crippen LogP contribution in [-0.2, 0) is 0 Å². The first-order valence-electron chi connectivity index (χ1n) is 14.4. The molecule has 5 aromatic rings. The van der Waals surface area contributed by atoms with Gasteiger partial charge < -0.3 is 0 Å². The Morgan fingerprint density at radius 2 is 0.930 bits per heavy atom. The van der Waals surface area contributed by atoms with Crippen LogP contribution in [0, 0.1) is 23.7 Å². The van der Waals surface area contributed by atoms with Gasteiger partial charge in [0.25, 0.3) is 0 Å². The SMILES string of the molecule is C(#Cc1ccc(C=CC2=NN(c3ccccc3)C(C=Cc3ccc(C#Cc4ccccc4)cc3)C2)cc1)c1ccccc1. The largest absolute Gasteiger partial charge is 0.258 e. The lowest BCUT2D eigenvalue weighted by Crippen LogP contribution is -2.23. The highest BCUT2D eigenvalue weighted by Crippen LogP contribution is 2.26. The van der Waals surface area contributed by atoms with Crippen molar-refractivity contribution in [2.24, 2.45) is 5.10 Å². The summed E-state index contributed by atoms with van der Waals surface area (Å²) >= 11 is 0. The van der Waals surface area contributed by atoms with Gasteiger partial charge in [-0.05, 0) is 77.9 Å². The van der Waals surface area contributed by atoms with Gasteiger partial charge in [-0.15, -0.1) is 0 Å².